The summed E-state index contributed by atoms with van der Waals surface area (Å²) in [6.07, 6.45) is 2.90. The number of carbonyl (C=O) groups is 1. The van der Waals surface area contributed by atoms with Gasteiger partial charge in [0.25, 0.3) is 5.91 Å². The van der Waals surface area contributed by atoms with Gasteiger partial charge in [-0.15, -0.1) is 6.58 Å². The second-order valence-electron chi connectivity index (χ2n) is 4.50. The molecule has 0 bridgehead atoms. The average molecular weight is 347 g/mol. The minimum Gasteiger partial charge on any atom is -0.457 e. The van der Waals surface area contributed by atoms with Crippen molar-refractivity contribution >= 4 is 35.2 Å². The fourth-order valence-corrected chi connectivity index (χ4v) is 2.08. The maximum atomic E-state index is 11.8. The standard InChI is InChI=1S/C17H12Cl2N2O2/c1-2-7-21-17(22)12(10-20)8-13-4-6-16(23-13)11-3-5-14(18)15(19)9-11/h2-6,8-9H,1,7H2,(H,21,22)/b12-8+. The van der Waals surface area contributed by atoms with Crippen molar-refractivity contribution in [1.29, 1.82) is 5.26 Å². The van der Waals surface area contributed by atoms with Gasteiger partial charge in [0.1, 0.15) is 23.2 Å². The van der Waals surface area contributed by atoms with E-state index in [1.54, 1.807) is 30.3 Å². The molecule has 1 amide bonds. The Kier molecular flexibility index (Phi) is 5.64. The second kappa shape index (κ2) is 7.68. The molecule has 2 aromatic rings. The van der Waals surface area contributed by atoms with Crippen molar-refractivity contribution in [3.05, 3.63) is 64.4 Å². The zero-order valence-electron chi connectivity index (χ0n) is 12.0. The van der Waals surface area contributed by atoms with Crippen molar-refractivity contribution in [1.82, 2.24) is 5.32 Å². The third-order valence-corrected chi connectivity index (χ3v) is 3.63. The molecule has 1 aromatic heterocycles. The Morgan fingerprint density at radius 2 is 2.09 bits per heavy atom. The first-order valence-electron chi connectivity index (χ1n) is 6.61. The van der Waals surface area contributed by atoms with Crippen molar-refractivity contribution in [3.63, 3.8) is 0 Å². The second-order valence-corrected chi connectivity index (χ2v) is 5.31. The van der Waals surface area contributed by atoms with E-state index in [-0.39, 0.29) is 12.1 Å². The van der Waals surface area contributed by atoms with E-state index in [0.717, 1.165) is 5.56 Å². The van der Waals surface area contributed by atoms with E-state index in [1.165, 1.54) is 12.2 Å². The fourth-order valence-electron chi connectivity index (χ4n) is 1.79. The molecule has 0 saturated heterocycles. The molecule has 116 valence electrons. The number of nitrogens with one attached hydrogen (secondary N) is 1. The number of furan rings is 1. The van der Waals surface area contributed by atoms with Crippen LogP contribution in [0.1, 0.15) is 5.76 Å². The highest BCUT2D eigenvalue weighted by Gasteiger charge is 2.10. The van der Waals surface area contributed by atoms with Gasteiger partial charge in [-0.25, -0.2) is 0 Å². The van der Waals surface area contributed by atoms with E-state index < -0.39 is 5.91 Å². The van der Waals surface area contributed by atoms with Gasteiger partial charge in [0, 0.05) is 18.2 Å². The Bertz CT molecular complexity index is 816. The molecule has 23 heavy (non-hydrogen) atoms. The molecule has 4 nitrogen and oxygen atoms in total. The molecule has 0 unspecified atom stereocenters. The number of benzene rings is 1. The van der Waals surface area contributed by atoms with Crippen LogP contribution >= 0.6 is 23.2 Å². The smallest absolute Gasteiger partial charge is 0.262 e. The number of halogens is 2. The average Bonchev–Trinajstić information content (AvgIpc) is 3.01. The summed E-state index contributed by atoms with van der Waals surface area (Å²) in [7, 11) is 0. The van der Waals surface area contributed by atoms with Gasteiger partial charge in [-0.05, 0) is 30.3 Å². The van der Waals surface area contributed by atoms with Crippen LogP contribution in [-0.4, -0.2) is 12.5 Å². The molecule has 0 saturated carbocycles. The van der Waals surface area contributed by atoms with Crippen molar-refractivity contribution in [2.45, 2.75) is 0 Å². The van der Waals surface area contributed by atoms with E-state index in [2.05, 4.69) is 11.9 Å². The topological polar surface area (TPSA) is 66.0 Å². The molecule has 0 fully saturated rings. The molecule has 0 radical (unpaired) electrons. The quantitative estimate of drug-likeness (QED) is 0.493. The number of nitriles is 1. The molecule has 2 rings (SSSR count). The van der Waals surface area contributed by atoms with E-state index in [4.69, 9.17) is 32.9 Å². The molecule has 0 aliphatic heterocycles. The van der Waals surface area contributed by atoms with E-state index >= 15 is 0 Å². The number of rotatable bonds is 5. The van der Waals surface area contributed by atoms with Gasteiger partial charge in [0.2, 0.25) is 0 Å². The molecular formula is C17H12Cl2N2O2. The van der Waals surface area contributed by atoms with Gasteiger partial charge in [-0.2, -0.15) is 5.26 Å². The van der Waals surface area contributed by atoms with Gasteiger partial charge in [-0.1, -0.05) is 29.3 Å². The lowest BCUT2D eigenvalue weighted by Crippen LogP contribution is -2.24. The molecule has 1 aromatic carbocycles. The van der Waals surface area contributed by atoms with Gasteiger partial charge in [0.05, 0.1) is 10.0 Å². The predicted molar refractivity (Wildman–Crippen MR) is 91.0 cm³/mol. The molecule has 0 aliphatic carbocycles. The Morgan fingerprint density at radius 1 is 1.30 bits per heavy atom. The summed E-state index contributed by atoms with van der Waals surface area (Å²) in [6, 6.07) is 10.3. The zero-order chi connectivity index (χ0) is 16.8. The SMILES string of the molecule is C=CCNC(=O)/C(C#N)=C/c1ccc(-c2ccc(Cl)c(Cl)c2)o1. The third-order valence-electron chi connectivity index (χ3n) is 2.89. The van der Waals surface area contributed by atoms with Crippen LogP contribution in [0.5, 0.6) is 0 Å². The number of nitrogens with zero attached hydrogens (tertiary/aromatic N) is 1. The highest BCUT2D eigenvalue weighted by Crippen LogP contribution is 2.30. The van der Waals surface area contributed by atoms with Gasteiger partial charge < -0.3 is 9.73 Å². The van der Waals surface area contributed by atoms with Crippen molar-refractivity contribution in [3.8, 4) is 17.4 Å². The molecular weight excluding hydrogens is 335 g/mol. The summed E-state index contributed by atoms with van der Waals surface area (Å²) in [4.78, 5) is 11.8. The number of carbonyl (C=O) groups excluding carboxylic acids is 1. The Morgan fingerprint density at radius 3 is 2.74 bits per heavy atom. The highest BCUT2D eigenvalue weighted by atomic mass is 35.5. The largest absolute Gasteiger partial charge is 0.457 e. The summed E-state index contributed by atoms with van der Waals surface area (Å²) in [6.45, 7) is 3.78. The predicted octanol–water partition coefficient (Wildman–Crippen LogP) is 4.46. The molecule has 0 atom stereocenters. The van der Waals surface area contributed by atoms with Crippen LogP contribution in [0.25, 0.3) is 17.4 Å². The lowest BCUT2D eigenvalue weighted by molar-refractivity contribution is -0.116. The van der Waals surface area contributed by atoms with Gasteiger partial charge >= 0.3 is 0 Å². The minimum atomic E-state index is -0.486. The van der Waals surface area contributed by atoms with E-state index in [1.807, 2.05) is 6.07 Å². The lowest BCUT2D eigenvalue weighted by atomic mass is 10.2. The van der Waals surface area contributed by atoms with Crippen LogP contribution in [0.3, 0.4) is 0 Å². The minimum absolute atomic E-state index is 0.0538. The van der Waals surface area contributed by atoms with Crippen LogP contribution < -0.4 is 5.32 Å². The summed E-state index contributed by atoms with van der Waals surface area (Å²) in [5.41, 5.74) is 0.690. The highest BCUT2D eigenvalue weighted by molar-refractivity contribution is 6.42. The Balaban J connectivity index is 2.25. The first kappa shape index (κ1) is 16.9. The van der Waals surface area contributed by atoms with Crippen LogP contribution in [0.15, 0.2) is 53.0 Å². The summed E-state index contributed by atoms with van der Waals surface area (Å²) < 4.78 is 5.62. The molecule has 0 aliphatic rings. The lowest BCUT2D eigenvalue weighted by Gasteiger charge is -2.00. The van der Waals surface area contributed by atoms with Crippen LogP contribution in [0.4, 0.5) is 0 Å². The Hall–Kier alpha value is -2.48. The number of amides is 1. The maximum Gasteiger partial charge on any atom is 0.262 e. The molecule has 0 spiro atoms. The van der Waals surface area contributed by atoms with Gasteiger partial charge in [0.15, 0.2) is 0 Å². The van der Waals surface area contributed by atoms with E-state index in [0.29, 0.717) is 21.6 Å². The maximum absolute atomic E-state index is 11.8. The van der Waals surface area contributed by atoms with Crippen molar-refractivity contribution in [2.75, 3.05) is 6.54 Å². The van der Waals surface area contributed by atoms with E-state index in [9.17, 15) is 4.79 Å². The summed E-state index contributed by atoms with van der Waals surface area (Å²) in [5.74, 6) is 0.454. The number of hydrogen-bond acceptors (Lipinski definition) is 3. The fraction of sp³-hybridized carbons (Fsp3) is 0.0588. The summed E-state index contributed by atoms with van der Waals surface area (Å²) >= 11 is 11.9. The van der Waals surface area contributed by atoms with Crippen LogP contribution in [0.2, 0.25) is 10.0 Å². The normalized spacial score (nSPS) is 10.9. The summed E-state index contributed by atoms with van der Waals surface area (Å²) in [5, 5.41) is 12.5. The van der Waals surface area contributed by atoms with Crippen LogP contribution in [-0.2, 0) is 4.79 Å². The first-order chi connectivity index (χ1) is 11.0. The van der Waals surface area contributed by atoms with Crippen LogP contribution in [0, 0.1) is 11.3 Å². The van der Waals surface area contributed by atoms with Crippen molar-refractivity contribution in [2.24, 2.45) is 0 Å². The third kappa shape index (κ3) is 4.26. The molecule has 1 N–H and O–H groups in total. The number of hydrogen-bond donors (Lipinski definition) is 1. The monoisotopic (exact) mass is 346 g/mol. The first-order valence-corrected chi connectivity index (χ1v) is 7.37. The Labute approximate surface area is 143 Å². The van der Waals surface area contributed by atoms with Crippen molar-refractivity contribution < 1.29 is 9.21 Å². The molecule has 6 heteroatoms. The molecule has 1 heterocycles. The zero-order valence-corrected chi connectivity index (χ0v) is 13.5. The van der Waals surface area contributed by atoms with Gasteiger partial charge in [-0.3, -0.25) is 4.79 Å².